The summed E-state index contributed by atoms with van der Waals surface area (Å²) in [6.45, 7) is 1.60. The molecule has 2 aromatic carbocycles. The van der Waals surface area contributed by atoms with Gasteiger partial charge in [-0.05, 0) is 84.4 Å². The van der Waals surface area contributed by atoms with Gasteiger partial charge in [-0.25, -0.2) is 8.42 Å². The van der Waals surface area contributed by atoms with Crippen LogP contribution in [0.25, 0.3) is 11.6 Å². The molecule has 2 aromatic rings. The zero-order valence-corrected chi connectivity index (χ0v) is 17.6. The van der Waals surface area contributed by atoms with E-state index in [9.17, 15) is 18.6 Å². The average molecular weight is 424 g/mol. The van der Waals surface area contributed by atoms with E-state index in [1.54, 1.807) is 31.2 Å². The molecular weight excluding hydrogens is 398 g/mol. The maximum Gasteiger partial charge on any atom is 0.232 e. The lowest BCUT2D eigenvalue weighted by molar-refractivity contribution is 0.404. The molecule has 2 atom stereocenters. The second-order valence-corrected chi connectivity index (χ2v) is 9.76. The second kappa shape index (κ2) is 8.03. The van der Waals surface area contributed by atoms with Crippen molar-refractivity contribution in [1.82, 2.24) is 0 Å². The third-order valence-corrected chi connectivity index (χ3v) is 7.00. The third kappa shape index (κ3) is 4.28. The lowest BCUT2D eigenvalue weighted by Gasteiger charge is -2.25. The van der Waals surface area contributed by atoms with E-state index < -0.39 is 10.0 Å². The van der Waals surface area contributed by atoms with Crippen LogP contribution in [0.3, 0.4) is 0 Å². The average Bonchev–Trinajstić information content (AvgIpc) is 2.85. The van der Waals surface area contributed by atoms with E-state index in [0.717, 1.165) is 35.1 Å². The van der Waals surface area contributed by atoms with E-state index in [-0.39, 0.29) is 29.1 Å². The van der Waals surface area contributed by atoms with E-state index >= 15 is 0 Å². The first kappa shape index (κ1) is 20.3. The predicted octanol–water partition coefficient (Wildman–Crippen LogP) is 4.88. The Morgan fingerprint density at radius 2 is 2.00 bits per heavy atom. The van der Waals surface area contributed by atoms with Crippen molar-refractivity contribution < 1.29 is 18.6 Å². The molecule has 0 aromatic heterocycles. The summed E-state index contributed by atoms with van der Waals surface area (Å²) in [5, 5.41) is 20.0. The van der Waals surface area contributed by atoms with Gasteiger partial charge in [0.2, 0.25) is 10.0 Å². The highest BCUT2D eigenvalue weighted by atomic mass is 32.2. The SMILES string of the molecule is CCS(=O)(=O)Nc1cccc(/C=C2\c3ccc(O)cc3CCC3C=C(O)C=CC23)c1. The molecule has 156 valence electrons. The van der Waals surface area contributed by atoms with Crippen LogP contribution in [-0.4, -0.2) is 24.4 Å². The maximum absolute atomic E-state index is 11.9. The fraction of sp³-hybridized carbons (Fsp3) is 0.250. The van der Waals surface area contributed by atoms with Gasteiger partial charge in [-0.2, -0.15) is 0 Å². The molecule has 0 saturated heterocycles. The molecule has 2 aliphatic carbocycles. The van der Waals surface area contributed by atoms with Gasteiger partial charge in [0.15, 0.2) is 0 Å². The molecule has 5 nitrogen and oxygen atoms in total. The highest BCUT2D eigenvalue weighted by Crippen LogP contribution is 2.43. The zero-order chi connectivity index (χ0) is 21.3. The molecule has 0 saturated carbocycles. The molecular formula is C24H25NO4S. The van der Waals surface area contributed by atoms with Crippen molar-refractivity contribution in [3.8, 4) is 5.75 Å². The molecule has 0 aliphatic heterocycles. The molecule has 6 heteroatoms. The second-order valence-electron chi connectivity index (χ2n) is 7.75. The number of nitrogens with one attached hydrogen (secondary N) is 1. The Morgan fingerprint density at radius 1 is 1.17 bits per heavy atom. The van der Waals surface area contributed by atoms with Crippen molar-refractivity contribution in [1.29, 1.82) is 0 Å². The Kier molecular flexibility index (Phi) is 5.43. The van der Waals surface area contributed by atoms with Gasteiger partial charge in [-0.15, -0.1) is 0 Å². The summed E-state index contributed by atoms with van der Waals surface area (Å²) in [5.74, 6) is 0.767. The minimum atomic E-state index is -3.35. The quantitative estimate of drug-likeness (QED) is 0.654. The van der Waals surface area contributed by atoms with Gasteiger partial charge in [-0.1, -0.05) is 30.4 Å². The number of phenols is 1. The van der Waals surface area contributed by atoms with Gasteiger partial charge in [0.05, 0.1) is 5.75 Å². The summed E-state index contributed by atoms with van der Waals surface area (Å²) >= 11 is 0. The minimum absolute atomic E-state index is 0.0135. The number of aromatic hydroxyl groups is 1. The predicted molar refractivity (Wildman–Crippen MR) is 121 cm³/mol. The van der Waals surface area contributed by atoms with E-state index in [1.807, 2.05) is 36.4 Å². The largest absolute Gasteiger partial charge is 0.508 e. The van der Waals surface area contributed by atoms with Gasteiger partial charge < -0.3 is 10.2 Å². The van der Waals surface area contributed by atoms with Crippen LogP contribution in [0.5, 0.6) is 5.75 Å². The van der Waals surface area contributed by atoms with Crippen LogP contribution in [0.15, 0.2) is 66.5 Å². The molecule has 0 amide bonds. The molecule has 0 spiro atoms. The van der Waals surface area contributed by atoms with Gasteiger partial charge in [0.1, 0.15) is 11.5 Å². The van der Waals surface area contributed by atoms with Crippen LogP contribution >= 0.6 is 0 Å². The fourth-order valence-corrected chi connectivity index (χ4v) is 4.82. The monoisotopic (exact) mass is 423 g/mol. The molecule has 2 unspecified atom stereocenters. The summed E-state index contributed by atoms with van der Waals surface area (Å²) in [4.78, 5) is 0. The molecule has 0 heterocycles. The number of aryl methyl sites for hydroxylation is 1. The van der Waals surface area contributed by atoms with Crippen molar-refractivity contribution >= 4 is 27.4 Å². The number of anilines is 1. The Morgan fingerprint density at radius 3 is 2.80 bits per heavy atom. The van der Waals surface area contributed by atoms with Gasteiger partial charge >= 0.3 is 0 Å². The summed E-state index contributed by atoms with van der Waals surface area (Å²) < 4.78 is 26.5. The first-order valence-corrected chi connectivity index (χ1v) is 11.7. The topological polar surface area (TPSA) is 86.6 Å². The van der Waals surface area contributed by atoms with Gasteiger partial charge in [-0.3, -0.25) is 4.72 Å². The Labute approximate surface area is 177 Å². The number of rotatable bonds is 4. The van der Waals surface area contributed by atoms with Gasteiger partial charge in [0.25, 0.3) is 0 Å². The highest BCUT2D eigenvalue weighted by Gasteiger charge is 2.29. The number of hydrogen-bond donors (Lipinski definition) is 3. The minimum Gasteiger partial charge on any atom is -0.508 e. The van der Waals surface area contributed by atoms with Crippen LogP contribution in [-0.2, 0) is 16.4 Å². The maximum atomic E-state index is 11.9. The lowest BCUT2D eigenvalue weighted by Crippen LogP contribution is -2.15. The number of aliphatic hydroxyl groups excluding tert-OH is 1. The normalized spacial score (nSPS) is 22.0. The Hall–Kier alpha value is -2.99. The molecule has 30 heavy (non-hydrogen) atoms. The first-order valence-electron chi connectivity index (χ1n) is 10.1. The van der Waals surface area contributed by atoms with Crippen molar-refractivity contribution in [3.63, 3.8) is 0 Å². The molecule has 0 radical (unpaired) electrons. The van der Waals surface area contributed by atoms with Crippen molar-refractivity contribution in [2.75, 3.05) is 10.5 Å². The third-order valence-electron chi connectivity index (χ3n) is 5.69. The first-order chi connectivity index (χ1) is 14.3. The molecule has 4 rings (SSSR count). The smallest absolute Gasteiger partial charge is 0.232 e. The van der Waals surface area contributed by atoms with Crippen LogP contribution in [0, 0.1) is 11.8 Å². The van der Waals surface area contributed by atoms with E-state index in [2.05, 4.69) is 10.8 Å². The molecule has 0 bridgehead atoms. The number of sulfonamides is 1. The standard InChI is InChI=1S/C24H25NO4S/c1-2-30(28,29)25-19-5-3-4-16(12-19)13-24-22-10-8-20(26)14-17(22)6-7-18-15-21(27)9-11-23(18)24/h3-5,8-15,17,22,25-27H,2,6-7H2,1H3/b24-13-. The van der Waals surface area contributed by atoms with Crippen LogP contribution < -0.4 is 4.72 Å². The lowest BCUT2D eigenvalue weighted by atomic mass is 9.79. The summed E-state index contributed by atoms with van der Waals surface area (Å²) in [6.07, 6.45) is 9.39. The number of hydrogen-bond acceptors (Lipinski definition) is 4. The highest BCUT2D eigenvalue weighted by molar-refractivity contribution is 7.92. The van der Waals surface area contributed by atoms with Crippen LogP contribution in [0.4, 0.5) is 5.69 Å². The molecule has 2 aliphatic rings. The molecule has 3 N–H and O–H groups in total. The van der Waals surface area contributed by atoms with Crippen molar-refractivity contribution in [2.45, 2.75) is 19.8 Å². The number of aliphatic hydroxyl groups is 1. The zero-order valence-electron chi connectivity index (χ0n) is 16.7. The Bertz CT molecular complexity index is 1160. The number of fused-ring (bicyclic) bond motifs is 2. The fourth-order valence-electron chi connectivity index (χ4n) is 4.19. The summed E-state index contributed by atoms with van der Waals surface area (Å²) in [7, 11) is -3.35. The Balaban J connectivity index is 1.80. The van der Waals surface area contributed by atoms with E-state index in [1.165, 1.54) is 0 Å². The number of phenolic OH excluding ortho intramolecular Hbond substituents is 1. The van der Waals surface area contributed by atoms with Crippen molar-refractivity contribution in [2.24, 2.45) is 11.8 Å². The number of allylic oxidation sites excluding steroid dienone is 4. The molecule has 0 fully saturated rings. The van der Waals surface area contributed by atoms with Gasteiger partial charge in [0, 0.05) is 11.6 Å². The number of benzene rings is 2. The van der Waals surface area contributed by atoms with Crippen LogP contribution in [0.2, 0.25) is 0 Å². The van der Waals surface area contributed by atoms with E-state index in [0.29, 0.717) is 5.69 Å². The summed E-state index contributed by atoms with van der Waals surface area (Å²) in [5.41, 5.74) is 4.63. The van der Waals surface area contributed by atoms with Crippen molar-refractivity contribution in [3.05, 3.63) is 83.1 Å². The van der Waals surface area contributed by atoms with E-state index in [4.69, 9.17) is 0 Å². The van der Waals surface area contributed by atoms with Crippen LogP contribution in [0.1, 0.15) is 30.0 Å². The summed E-state index contributed by atoms with van der Waals surface area (Å²) in [6, 6.07) is 12.8.